The monoisotopic (exact) mass is 608 g/mol. The van der Waals surface area contributed by atoms with Crippen LogP contribution in [0.25, 0.3) is 0 Å². The first-order valence-electron chi connectivity index (χ1n) is 15.5. The van der Waals surface area contributed by atoms with Gasteiger partial charge in [-0.1, -0.05) is 18.2 Å². The molecule has 4 aliphatic heterocycles. The first-order chi connectivity index (χ1) is 22.0. The van der Waals surface area contributed by atoms with Crippen molar-refractivity contribution < 1.29 is 28.4 Å². The number of hydrogen-bond acceptors (Lipinski definition) is 8. The van der Waals surface area contributed by atoms with E-state index in [4.69, 9.17) is 28.4 Å². The summed E-state index contributed by atoms with van der Waals surface area (Å²) in [4.78, 5) is 2.42. The van der Waals surface area contributed by atoms with E-state index in [1.54, 1.807) is 28.4 Å². The molecular formula is C37H40N2O6. The quantitative estimate of drug-likeness (QED) is 0.271. The average Bonchev–Trinajstić information content (AvgIpc) is 3.06. The number of ether oxygens (including phenoxy) is 6. The molecule has 1 N–H and O–H groups in total. The van der Waals surface area contributed by atoms with Gasteiger partial charge >= 0.3 is 0 Å². The van der Waals surface area contributed by atoms with Gasteiger partial charge in [-0.15, -0.1) is 0 Å². The van der Waals surface area contributed by atoms with Gasteiger partial charge in [0.2, 0.25) is 5.75 Å². The van der Waals surface area contributed by atoms with Crippen molar-refractivity contribution in [3.05, 3.63) is 94.0 Å². The van der Waals surface area contributed by atoms with Gasteiger partial charge in [0.05, 0.1) is 28.4 Å². The Morgan fingerprint density at radius 1 is 0.711 bits per heavy atom. The van der Waals surface area contributed by atoms with Gasteiger partial charge in [-0.3, -0.25) is 4.90 Å². The first-order valence-corrected chi connectivity index (χ1v) is 15.5. The lowest BCUT2D eigenvalue weighted by Gasteiger charge is -2.36. The van der Waals surface area contributed by atoms with Crippen LogP contribution in [0.3, 0.4) is 0 Å². The zero-order valence-electron chi connectivity index (χ0n) is 26.6. The molecule has 4 aromatic carbocycles. The third-order valence-electron chi connectivity index (χ3n) is 9.39. The summed E-state index contributed by atoms with van der Waals surface area (Å²) in [6.45, 7) is 1.79. The van der Waals surface area contributed by atoms with Gasteiger partial charge in [-0.05, 0) is 110 Å². The van der Waals surface area contributed by atoms with E-state index in [1.165, 1.54) is 22.3 Å². The number of fused-ring (bicyclic) bond motifs is 2. The van der Waals surface area contributed by atoms with Gasteiger partial charge in [0, 0.05) is 24.2 Å². The van der Waals surface area contributed by atoms with E-state index in [-0.39, 0.29) is 12.1 Å². The van der Waals surface area contributed by atoms with Crippen LogP contribution in [0, 0.1) is 0 Å². The van der Waals surface area contributed by atoms with E-state index in [0.29, 0.717) is 46.7 Å². The van der Waals surface area contributed by atoms with Crippen molar-refractivity contribution in [3.63, 3.8) is 0 Å². The van der Waals surface area contributed by atoms with Gasteiger partial charge in [0.15, 0.2) is 34.5 Å². The van der Waals surface area contributed by atoms with Crippen LogP contribution in [0.4, 0.5) is 0 Å². The van der Waals surface area contributed by atoms with Crippen LogP contribution in [0.2, 0.25) is 0 Å². The minimum Gasteiger partial charge on any atom is -0.493 e. The predicted molar refractivity (Wildman–Crippen MR) is 173 cm³/mol. The van der Waals surface area contributed by atoms with Crippen molar-refractivity contribution in [2.75, 3.05) is 48.6 Å². The third kappa shape index (κ3) is 5.42. The SMILES string of the molecule is COc1ccc2cc1Oc1ccc(cc1)CC1c3cc(c(OC)cc3CCN1C)Oc1c(OC)c(OC)cc3c1C(C2)NCC3. The zero-order chi connectivity index (χ0) is 31.1. The number of nitrogens with one attached hydrogen (secondary N) is 1. The van der Waals surface area contributed by atoms with Crippen LogP contribution in [0.5, 0.6) is 46.0 Å². The van der Waals surface area contributed by atoms with Crippen molar-refractivity contribution in [2.24, 2.45) is 0 Å². The second-order valence-electron chi connectivity index (χ2n) is 12.0. The van der Waals surface area contributed by atoms with Crippen molar-refractivity contribution in [1.82, 2.24) is 10.2 Å². The molecule has 8 nitrogen and oxygen atoms in total. The highest BCUT2D eigenvalue weighted by atomic mass is 16.5. The number of likely N-dealkylation sites (N-methyl/N-ethyl adjacent to an activating group) is 1. The summed E-state index contributed by atoms with van der Waals surface area (Å²) in [6.07, 6.45) is 3.32. The molecule has 8 rings (SSSR count). The molecule has 2 unspecified atom stereocenters. The lowest BCUT2D eigenvalue weighted by atomic mass is 9.88. The van der Waals surface area contributed by atoms with E-state index in [2.05, 4.69) is 59.7 Å². The smallest absolute Gasteiger partial charge is 0.204 e. The molecule has 0 aromatic heterocycles. The van der Waals surface area contributed by atoms with Crippen LogP contribution >= 0.6 is 0 Å². The lowest BCUT2D eigenvalue weighted by Crippen LogP contribution is -2.33. The summed E-state index contributed by atoms with van der Waals surface area (Å²) in [7, 11) is 8.89. The molecule has 4 aliphatic rings. The molecule has 0 spiro atoms. The van der Waals surface area contributed by atoms with Crippen molar-refractivity contribution >= 4 is 0 Å². The minimum atomic E-state index is -0.0505. The summed E-state index contributed by atoms with van der Waals surface area (Å²) < 4.78 is 36.9. The largest absolute Gasteiger partial charge is 0.493 e. The highest BCUT2D eigenvalue weighted by Gasteiger charge is 2.32. The molecule has 2 atom stereocenters. The fourth-order valence-corrected chi connectivity index (χ4v) is 7.03. The maximum atomic E-state index is 6.97. The fourth-order valence-electron chi connectivity index (χ4n) is 7.03. The Hall–Kier alpha value is -4.40. The van der Waals surface area contributed by atoms with Crippen molar-refractivity contribution in [1.29, 1.82) is 0 Å². The molecular weight excluding hydrogens is 568 g/mol. The summed E-state index contributed by atoms with van der Waals surface area (Å²) >= 11 is 0. The van der Waals surface area contributed by atoms with Gasteiger partial charge in [-0.25, -0.2) is 0 Å². The standard InChI is InChI=1S/C37H40N2O6/c1-39-15-13-24-19-31(41-3)33-21-27(24)29(39)17-22-6-9-26(10-7-22)44-32-18-23(8-11-30(32)40-2)16-28-35-25(12-14-38-28)20-34(42-4)36(43-5)37(35)45-33/h6-11,18-21,28-29,38H,12-17H2,1-5H3. The van der Waals surface area contributed by atoms with Crippen molar-refractivity contribution in [2.45, 2.75) is 37.8 Å². The number of methoxy groups -OCH3 is 4. The van der Waals surface area contributed by atoms with E-state index < -0.39 is 0 Å². The highest BCUT2D eigenvalue weighted by Crippen LogP contribution is 2.50. The number of hydrogen-bond donors (Lipinski definition) is 1. The Balaban J connectivity index is 1.45. The van der Waals surface area contributed by atoms with Crippen LogP contribution in [0.15, 0.2) is 60.7 Å². The highest BCUT2D eigenvalue weighted by molar-refractivity contribution is 5.63. The summed E-state index contributed by atoms with van der Waals surface area (Å²) in [5, 5.41) is 3.75. The molecule has 234 valence electrons. The summed E-state index contributed by atoms with van der Waals surface area (Å²) in [5.41, 5.74) is 7.07. The molecule has 4 heterocycles. The summed E-state index contributed by atoms with van der Waals surface area (Å²) in [5.74, 6) is 5.35. The maximum Gasteiger partial charge on any atom is 0.204 e. The molecule has 0 fully saturated rings. The molecule has 0 saturated carbocycles. The normalized spacial score (nSPS) is 18.9. The Morgan fingerprint density at radius 2 is 1.44 bits per heavy atom. The molecule has 8 heteroatoms. The minimum absolute atomic E-state index is 0.0505. The molecule has 45 heavy (non-hydrogen) atoms. The van der Waals surface area contributed by atoms with Crippen LogP contribution < -0.4 is 33.7 Å². The molecule has 6 bridgehead atoms. The second kappa shape index (κ2) is 12.2. The third-order valence-corrected chi connectivity index (χ3v) is 9.39. The van der Waals surface area contributed by atoms with Gasteiger partial charge in [0.1, 0.15) is 5.75 Å². The maximum absolute atomic E-state index is 6.97. The van der Waals surface area contributed by atoms with E-state index in [1.807, 2.05) is 18.2 Å². The first kappa shape index (κ1) is 29.3. The van der Waals surface area contributed by atoms with E-state index in [0.717, 1.165) is 49.2 Å². The Labute approximate surface area is 264 Å². The molecule has 0 aliphatic carbocycles. The second-order valence-corrected chi connectivity index (χ2v) is 12.0. The fraction of sp³-hybridized carbons (Fsp3) is 0.351. The lowest BCUT2D eigenvalue weighted by molar-refractivity contribution is 0.228. The van der Waals surface area contributed by atoms with Gasteiger partial charge < -0.3 is 33.7 Å². The Morgan fingerprint density at radius 3 is 2.20 bits per heavy atom. The van der Waals surface area contributed by atoms with Crippen LogP contribution in [-0.4, -0.2) is 53.5 Å². The number of nitrogens with zero attached hydrogens (tertiary/aromatic N) is 1. The number of benzene rings is 4. The molecule has 0 saturated heterocycles. The van der Waals surface area contributed by atoms with Crippen LogP contribution in [-0.2, 0) is 25.7 Å². The Kier molecular flexibility index (Phi) is 7.94. The Bertz CT molecular complexity index is 1720. The van der Waals surface area contributed by atoms with Crippen molar-refractivity contribution in [3.8, 4) is 46.0 Å². The summed E-state index contributed by atoms with van der Waals surface area (Å²) in [6, 6.07) is 21.0. The molecule has 0 radical (unpaired) electrons. The zero-order valence-corrected chi connectivity index (χ0v) is 26.6. The molecule has 0 amide bonds. The van der Waals surface area contributed by atoms with E-state index >= 15 is 0 Å². The van der Waals surface area contributed by atoms with Gasteiger partial charge in [-0.2, -0.15) is 0 Å². The predicted octanol–water partition coefficient (Wildman–Crippen LogP) is 6.82. The van der Waals surface area contributed by atoms with Gasteiger partial charge in [0.25, 0.3) is 0 Å². The topological polar surface area (TPSA) is 70.7 Å². The van der Waals surface area contributed by atoms with E-state index in [9.17, 15) is 0 Å². The molecule has 4 aromatic rings. The number of rotatable bonds is 4. The average molecular weight is 609 g/mol. The van der Waals surface area contributed by atoms with Crippen LogP contribution in [0.1, 0.15) is 45.5 Å².